The summed E-state index contributed by atoms with van der Waals surface area (Å²) in [5.74, 6) is 0. The summed E-state index contributed by atoms with van der Waals surface area (Å²) in [6, 6.07) is 0. The van der Waals surface area contributed by atoms with Gasteiger partial charge in [0.15, 0.2) is 0 Å². The molecule has 0 bridgehead atoms. The van der Waals surface area contributed by atoms with Crippen LogP contribution >= 0.6 is 0 Å². The van der Waals surface area contributed by atoms with Crippen LogP contribution in [-0.4, -0.2) is 39.9 Å². The molecule has 0 aliphatic rings. The van der Waals surface area contributed by atoms with E-state index < -0.39 is 27.2 Å². The third-order valence-corrected chi connectivity index (χ3v) is 0. The standard InChI is InChI=1S/Ir.2Na.3H2O3S2/c;;;3*1-5(2,3)4/h;;;3*(H2,1,2,3,4)/q;2*+1;;;/p-6. The number of hydrogen-bond donors (Lipinski definition) is 0. The van der Waals surface area contributed by atoms with Gasteiger partial charge in [-0.25, -0.2) is 0 Å². The van der Waals surface area contributed by atoms with E-state index in [1.165, 1.54) is 0 Å². The van der Waals surface area contributed by atoms with E-state index in [1.807, 2.05) is 0 Å². The van der Waals surface area contributed by atoms with Crippen molar-refractivity contribution in [1.29, 1.82) is 0 Å². The zero-order valence-electron chi connectivity index (χ0n) is 8.46. The van der Waals surface area contributed by atoms with Gasteiger partial charge in [-0.05, 0) is 33.6 Å². The van der Waals surface area contributed by atoms with Crippen molar-refractivity contribution in [2.75, 3.05) is 0 Å². The van der Waals surface area contributed by atoms with Crippen LogP contribution < -0.4 is 59.1 Å². The first-order valence-corrected chi connectivity index (χ1v) is 9.00. The van der Waals surface area contributed by atoms with E-state index >= 15 is 0 Å². The van der Waals surface area contributed by atoms with Crippen molar-refractivity contribution in [1.82, 2.24) is 0 Å². The molecule has 0 saturated heterocycles. The fraction of sp³-hybridized carbons (Fsp3) is 0. The average Bonchev–Trinajstić information content (AvgIpc) is 1.41. The second-order valence-electron chi connectivity index (χ2n) is 1.22. The van der Waals surface area contributed by atoms with Crippen LogP contribution in [0.3, 0.4) is 0 Å². The summed E-state index contributed by atoms with van der Waals surface area (Å²) in [7, 11) is -13.0. The van der Waals surface area contributed by atoms with Crippen molar-refractivity contribution in [2.45, 2.75) is 0 Å². The van der Waals surface area contributed by atoms with E-state index in [2.05, 4.69) is 33.6 Å². The van der Waals surface area contributed by atoms with Gasteiger partial charge in [0, 0.05) is 20.1 Å². The fourth-order valence-electron chi connectivity index (χ4n) is 0. The maximum Gasteiger partial charge on any atom is 1.00 e. The first kappa shape index (κ1) is 37.6. The molecule has 105 valence electrons. The first-order valence-electron chi connectivity index (χ1n) is 2.00. The summed E-state index contributed by atoms with van der Waals surface area (Å²) in [6.45, 7) is 0. The first-order chi connectivity index (χ1) is 6.00. The quantitative estimate of drug-likeness (QED) is 0.249. The summed E-state index contributed by atoms with van der Waals surface area (Å²) >= 11 is 9.73. The van der Waals surface area contributed by atoms with Gasteiger partial charge in [0.2, 0.25) is 0 Å². The minimum absolute atomic E-state index is 0. The predicted octanol–water partition coefficient (Wildman–Crippen LogP) is -9.01. The Kier molecular flexibility index (Phi) is 35.3. The molecule has 0 saturated carbocycles. The van der Waals surface area contributed by atoms with E-state index in [0.717, 1.165) is 0 Å². The smallest absolute Gasteiger partial charge is 0.780 e. The van der Waals surface area contributed by atoms with Gasteiger partial charge in [-0.1, -0.05) is 0 Å². The normalized spacial score (nSPS) is 9.67. The molecule has 0 aliphatic carbocycles. The summed E-state index contributed by atoms with van der Waals surface area (Å²) in [4.78, 5) is 0. The summed E-state index contributed by atoms with van der Waals surface area (Å²) in [5.41, 5.74) is 0. The van der Waals surface area contributed by atoms with Gasteiger partial charge < -0.3 is 27.3 Å². The Labute approximate surface area is 177 Å². The van der Waals surface area contributed by atoms with Crippen LogP contribution in [0.1, 0.15) is 0 Å². The molecular formula is IrNa2O9S6-4. The van der Waals surface area contributed by atoms with Crippen LogP contribution in [0.2, 0.25) is 0 Å². The van der Waals surface area contributed by atoms with Crippen molar-refractivity contribution in [3.8, 4) is 0 Å². The van der Waals surface area contributed by atoms with Crippen molar-refractivity contribution in [3.05, 3.63) is 0 Å². The Morgan fingerprint density at radius 1 is 0.556 bits per heavy atom. The predicted molar refractivity (Wildman–Crippen MR) is 51.2 cm³/mol. The molecule has 1 radical (unpaired) electrons. The molecule has 0 unspecified atom stereocenters. The van der Waals surface area contributed by atoms with Gasteiger partial charge >= 0.3 is 59.1 Å². The Hall–Kier alpha value is 3.52. The van der Waals surface area contributed by atoms with Crippen LogP contribution in [0.4, 0.5) is 0 Å². The van der Waals surface area contributed by atoms with E-state index in [4.69, 9.17) is 39.9 Å². The van der Waals surface area contributed by atoms with Crippen LogP contribution in [-0.2, 0) is 80.8 Å². The number of rotatable bonds is 0. The minimum atomic E-state index is -4.33. The largest absolute Gasteiger partial charge is 1.00 e. The molecule has 0 aliphatic heterocycles. The second-order valence-corrected chi connectivity index (χ2v) is 7.35. The van der Waals surface area contributed by atoms with Crippen LogP contribution in [0.25, 0.3) is 0 Å². The van der Waals surface area contributed by atoms with Crippen LogP contribution in [0, 0.1) is 0 Å². The Bertz CT molecular complexity index is 350. The fourth-order valence-corrected chi connectivity index (χ4v) is 0. The molecule has 0 fully saturated rings. The molecule has 0 aromatic carbocycles. The van der Waals surface area contributed by atoms with Gasteiger partial charge in [-0.2, -0.15) is 0 Å². The Balaban J connectivity index is -0.0000000277. The maximum absolute atomic E-state index is 8.89. The second kappa shape index (κ2) is 16.9. The molecule has 0 aromatic heterocycles. The van der Waals surface area contributed by atoms with Crippen molar-refractivity contribution in [2.24, 2.45) is 0 Å². The summed E-state index contributed by atoms with van der Waals surface area (Å²) in [6.07, 6.45) is 0. The van der Waals surface area contributed by atoms with E-state index in [9.17, 15) is 0 Å². The molecule has 0 rings (SSSR count). The molecule has 9 nitrogen and oxygen atoms in total. The van der Waals surface area contributed by atoms with Gasteiger partial charge in [0.1, 0.15) is 0 Å². The van der Waals surface area contributed by atoms with E-state index in [1.54, 1.807) is 0 Å². The third-order valence-electron chi connectivity index (χ3n) is 0. The summed E-state index contributed by atoms with van der Waals surface area (Å²) in [5, 5.41) is 0. The zero-order valence-corrected chi connectivity index (χ0v) is 19.8. The van der Waals surface area contributed by atoms with Crippen molar-refractivity contribution >= 4 is 60.7 Å². The van der Waals surface area contributed by atoms with E-state index in [0.29, 0.717) is 0 Å². The average molecular weight is 575 g/mol. The number of hydrogen-bond acceptors (Lipinski definition) is 12. The topological polar surface area (TPSA) is 190 Å². The maximum atomic E-state index is 8.89. The Morgan fingerprint density at radius 3 is 0.556 bits per heavy atom. The molecule has 0 heterocycles. The molecule has 0 amide bonds. The summed E-state index contributed by atoms with van der Waals surface area (Å²) < 4.78 is 80.0. The van der Waals surface area contributed by atoms with Gasteiger partial charge in [0.05, 0.1) is 0 Å². The van der Waals surface area contributed by atoms with Gasteiger partial charge in [0.25, 0.3) is 0 Å². The zero-order chi connectivity index (χ0) is 13.5. The van der Waals surface area contributed by atoms with Crippen LogP contribution in [0.5, 0.6) is 0 Å². The third kappa shape index (κ3) is 540. The molecule has 0 atom stereocenters. The molecular weight excluding hydrogens is 575 g/mol. The molecule has 0 N–H and O–H groups in total. The molecule has 18 heavy (non-hydrogen) atoms. The molecule has 18 heteroatoms. The van der Waals surface area contributed by atoms with Crippen molar-refractivity contribution < 1.29 is 119 Å². The van der Waals surface area contributed by atoms with Gasteiger partial charge in [-0.3, -0.25) is 12.6 Å². The molecule has 0 spiro atoms. The van der Waals surface area contributed by atoms with E-state index in [-0.39, 0.29) is 79.2 Å². The van der Waals surface area contributed by atoms with Crippen molar-refractivity contribution in [3.63, 3.8) is 0 Å². The Morgan fingerprint density at radius 2 is 0.556 bits per heavy atom. The minimum Gasteiger partial charge on any atom is -0.780 e. The van der Waals surface area contributed by atoms with Crippen LogP contribution in [0.15, 0.2) is 0 Å². The van der Waals surface area contributed by atoms with Gasteiger partial charge in [-0.15, -0.1) is 27.2 Å². The monoisotopic (exact) mass is 575 g/mol. The SMILES string of the molecule is O=S([O-])([O-])=S.O=S([O-])([O-])=S.O=S([O-])([O-])=S.[Ir].[Na+].[Na+]. The molecule has 0 aromatic rings.